The van der Waals surface area contributed by atoms with Crippen LogP contribution in [0.25, 0.3) is 5.57 Å². The van der Waals surface area contributed by atoms with E-state index in [0.717, 1.165) is 51.8 Å². The van der Waals surface area contributed by atoms with E-state index >= 15 is 0 Å². The molecular formula is C26H37NO3. The molecule has 0 N–H and O–H groups in total. The van der Waals surface area contributed by atoms with E-state index in [-0.39, 0.29) is 12.0 Å². The first-order valence-electron chi connectivity index (χ1n) is 11.7. The van der Waals surface area contributed by atoms with Gasteiger partial charge in [0.2, 0.25) is 0 Å². The van der Waals surface area contributed by atoms with Crippen LogP contribution in [0, 0.1) is 24.2 Å². The number of nitrogens with zero attached hydrogens (tertiary/aromatic N) is 1. The molecule has 1 saturated carbocycles. The third-order valence-corrected chi connectivity index (χ3v) is 7.85. The molecule has 5 unspecified atom stereocenters. The molecule has 3 fully saturated rings. The standard InChI is InChI=1S/C26H37NO3/c1-5-8-23-22(21-10-7-6-9-18(21)2)11-13-27-17-19-15-20(12-14-29-3)24(27)26(23,16-19)25(28)30-4/h6-7,9-10,19-20,24H,5,8,11-17H2,1-4H3. The molecule has 2 saturated heterocycles. The number of carbonyl (C=O) groups is 1. The molecule has 164 valence electrons. The van der Waals surface area contributed by atoms with Gasteiger partial charge in [-0.2, -0.15) is 0 Å². The molecule has 3 heterocycles. The van der Waals surface area contributed by atoms with Crippen molar-refractivity contribution >= 4 is 11.5 Å². The lowest BCUT2D eigenvalue weighted by Gasteiger charge is -2.59. The van der Waals surface area contributed by atoms with Gasteiger partial charge in [0.1, 0.15) is 5.41 Å². The zero-order chi connectivity index (χ0) is 21.3. The molecule has 1 aromatic rings. The lowest BCUT2D eigenvalue weighted by Crippen LogP contribution is -2.65. The van der Waals surface area contributed by atoms with Crippen molar-refractivity contribution in [2.24, 2.45) is 17.3 Å². The molecule has 4 bridgehead atoms. The maximum absolute atomic E-state index is 13.7. The molecule has 30 heavy (non-hydrogen) atoms. The van der Waals surface area contributed by atoms with E-state index in [1.807, 2.05) is 0 Å². The van der Waals surface area contributed by atoms with Crippen molar-refractivity contribution in [2.75, 3.05) is 33.9 Å². The Morgan fingerprint density at radius 2 is 2.07 bits per heavy atom. The molecule has 0 spiro atoms. The number of hydrogen-bond acceptors (Lipinski definition) is 4. The molecule has 1 aliphatic carbocycles. The maximum Gasteiger partial charge on any atom is 0.317 e. The fourth-order valence-corrected chi connectivity index (χ4v) is 6.91. The number of ether oxygens (including phenoxy) is 2. The van der Waals surface area contributed by atoms with E-state index in [4.69, 9.17) is 9.47 Å². The minimum absolute atomic E-state index is 0.0132. The number of benzene rings is 1. The third kappa shape index (κ3) is 3.42. The Kier molecular flexibility index (Phi) is 6.36. The predicted molar refractivity (Wildman–Crippen MR) is 120 cm³/mol. The van der Waals surface area contributed by atoms with Crippen LogP contribution < -0.4 is 0 Å². The normalized spacial score (nSPS) is 32.8. The SMILES string of the molecule is CCCC1=C(c2ccccc2C)CCN2CC3CC(CCOC)C2C1(C(=O)OC)C3. The summed E-state index contributed by atoms with van der Waals surface area (Å²) in [4.78, 5) is 16.3. The van der Waals surface area contributed by atoms with Gasteiger partial charge in [-0.25, -0.2) is 0 Å². The van der Waals surface area contributed by atoms with Gasteiger partial charge >= 0.3 is 5.97 Å². The molecule has 0 aromatic heterocycles. The Balaban J connectivity index is 1.92. The first-order valence-corrected chi connectivity index (χ1v) is 11.7. The van der Waals surface area contributed by atoms with Crippen molar-refractivity contribution in [1.29, 1.82) is 0 Å². The molecule has 1 aromatic carbocycles. The second-order valence-electron chi connectivity index (χ2n) is 9.52. The topological polar surface area (TPSA) is 38.8 Å². The summed E-state index contributed by atoms with van der Waals surface area (Å²) in [6.45, 7) is 7.34. The summed E-state index contributed by atoms with van der Waals surface area (Å²) in [5.74, 6) is 1.03. The zero-order valence-corrected chi connectivity index (χ0v) is 19.1. The molecule has 4 heteroatoms. The van der Waals surface area contributed by atoms with Gasteiger partial charge in [0.25, 0.3) is 0 Å². The van der Waals surface area contributed by atoms with Gasteiger partial charge in [0, 0.05) is 32.8 Å². The first-order chi connectivity index (χ1) is 14.6. The van der Waals surface area contributed by atoms with Crippen molar-refractivity contribution in [3.05, 3.63) is 41.0 Å². The van der Waals surface area contributed by atoms with Crippen LogP contribution in [-0.4, -0.2) is 50.8 Å². The Morgan fingerprint density at radius 1 is 1.27 bits per heavy atom. The Morgan fingerprint density at radius 3 is 2.77 bits per heavy atom. The lowest BCUT2D eigenvalue weighted by atomic mass is 9.54. The van der Waals surface area contributed by atoms with E-state index < -0.39 is 5.41 Å². The van der Waals surface area contributed by atoms with Crippen LogP contribution in [0.4, 0.5) is 0 Å². The maximum atomic E-state index is 13.7. The summed E-state index contributed by atoms with van der Waals surface area (Å²) < 4.78 is 11.0. The monoisotopic (exact) mass is 411 g/mol. The van der Waals surface area contributed by atoms with Crippen LogP contribution in [0.3, 0.4) is 0 Å². The van der Waals surface area contributed by atoms with E-state index in [0.29, 0.717) is 11.8 Å². The number of esters is 1. The van der Waals surface area contributed by atoms with Crippen molar-refractivity contribution in [2.45, 2.75) is 58.4 Å². The van der Waals surface area contributed by atoms with Crippen molar-refractivity contribution in [1.82, 2.24) is 4.90 Å². The second-order valence-corrected chi connectivity index (χ2v) is 9.52. The zero-order valence-electron chi connectivity index (χ0n) is 19.1. The number of fused-ring (bicyclic) bond motifs is 1. The van der Waals surface area contributed by atoms with Crippen LogP contribution in [0.15, 0.2) is 29.8 Å². The van der Waals surface area contributed by atoms with Crippen molar-refractivity contribution in [3.63, 3.8) is 0 Å². The number of carbonyl (C=O) groups excluding carboxylic acids is 1. The molecule has 5 rings (SSSR count). The van der Waals surface area contributed by atoms with E-state index in [1.54, 1.807) is 14.2 Å². The molecule has 0 amide bonds. The summed E-state index contributed by atoms with van der Waals surface area (Å²) in [5, 5.41) is 0. The summed E-state index contributed by atoms with van der Waals surface area (Å²) in [6.07, 6.45) is 6.19. The average molecular weight is 412 g/mol. The highest BCUT2D eigenvalue weighted by molar-refractivity contribution is 5.87. The Labute approximate surface area is 181 Å². The average Bonchev–Trinajstić information content (AvgIpc) is 2.86. The van der Waals surface area contributed by atoms with E-state index in [2.05, 4.69) is 43.0 Å². The van der Waals surface area contributed by atoms with Gasteiger partial charge in [0.15, 0.2) is 0 Å². The number of rotatable bonds is 7. The fraction of sp³-hybridized carbons (Fsp3) is 0.654. The highest BCUT2D eigenvalue weighted by Crippen LogP contribution is 2.59. The Hall–Kier alpha value is -1.65. The van der Waals surface area contributed by atoms with Gasteiger partial charge < -0.3 is 9.47 Å². The summed E-state index contributed by atoms with van der Waals surface area (Å²) >= 11 is 0. The Bertz CT molecular complexity index is 816. The van der Waals surface area contributed by atoms with E-state index in [1.165, 1.54) is 28.7 Å². The largest absolute Gasteiger partial charge is 0.468 e. The molecule has 5 atom stereocenters. The van der Waals surface area contributed by atoms with Gasteiger partial charge in [-0.05, 0) is 73.1 Å². The van der Waals surface area contributed by atoms with Gasteiger partial charge in [-0.15, -0.1) is 0 Å². The molecule has 4 aliphatic rings. The molecular weight excluding hydrogens is 374 g/mol. The quantitative estimate of drug-likeness (QED) is 0.601. The predicted octanol–water partition coefficient (Wildman–Crippen LogP) is 4.86. The lowest BCUT2D eigenvalue weighted by molar-refractivity contribution is -0.169. The first kappa shape index (κ1) is 21.6. The third-order valence-electron chi connectivity index (χ3n) is 7.85. The summed E-state index contributed by atoms with van der Waals surface area (Å²) in [5.41, 5.74) is 4.88. The molecule has 3 aliphatic heterocycles. The van der Waals surface area contributed by atoms with Gasteiger partial charge in [-0.3, -0.25) is 9.69 Å². The van der Waals surface area contributed by atoms with Crippen molar-refractivity contribution in [3.8, 4) is 0 Å². The van der Waals surface area contributed by atoms with Crippen molar-refractivity contribution < 1.29 is 14.3 Å². The van der Waals surface area contributed by atoms with Crippen LogP contribution in [-0.2, 0) is 14.3 Å². The number of piperidine rings is 2. The fourth-order valence-electron chi connectivity index (χ4n) is 6.91. The summed E-state index contributed by atoms with van der Waals surface area (Å²) in [6, 6.07) is 8.91. The van der Waals surface area contributed by atoms with Gasteiger partial charge in [-0.1, -0.05) is 37.6 Å². The van der Waals surface area contributed by atoms with Gasteiger partial charge in [0.05, 0.1) is 7.11 Å². The van der Waals surface area contributed by atoms with Crippen LogP contribution in [0.5, 0.6) is 0 Å². The number of methoxy groups -OCH3 is 2. The highest BCUT2D eigenvalue weighted by Gasteiger charge is 2.62. The highest BCUT2D eigenvalue weighted by atomic mass is 16.5. The number of hydrogen-bond donors (Lipinski definition) is 0. The number of aryl methyl sites for hydroxylation is 1. The second kappa shape index (κ2) is 8.84. The molecule has 0 radical (unpaired) electrons. The minimum Gasteiger partial charge on any atom is -0.468 e. The van der Waals surface area contributed by atoms with Crippen LogP contribution >= 0.6 is 0 Å². The summed E-state index contributed by atoms with van der Waals surface area (Å²) in [7, 11) is 3.36. The minimum atomic E-state index is -0.515. The van der Waals surface area contributed by atoms with E-state index in [9.17, 15) is 4.79 Å². The molecule has 4 nitrogen and oxygen atoms in total. The smallest absolute Gasteiger partial charge is 0.317 e. The van der Waals surface area contributed by atoms with Crippen LogP contribution in [0.1, 0.15) is 56.6 Å². The van der Waals surface area contributed by atoms with Crippen LogP contribution in [0.2, 0.25) is 0 Å².